The lowest BCUT2D eigenvalue weighted by atomic mass is 10.1. The lowest BCUT2D eigenvalue weighted by Crippen LogP contribution is -2.40. The van der Waals surface area contributed by atoms with Crippen LogP contribution >= 0.6 is 0 Å². The van der Waals surface area contributed by atoms with Gasteiger partial charge in [0.2, 0.25) is 0 Å². The van der Waals surface area contributed by atoms with Crippen LogP contribution in [0.4, 0.5) is 29.3 Å². The molecule has 0 bridgehead atoms. The van der Waals surface area contributed by atoms with Crippen LogP contribution in [0.5, 0.6) is 0 Å². The normalized spacial score (nSPS) is 11.9. The van der Waals surface area contributed by atoms with Crippen molar-refractivity contribution in [3.8, 4) is 0 Å². The molecule has 2 amide bonds. The minimum Gasteiger partial charge on any atom is -0.444 e. The number of nitrogens with one attached hydrogen (secondary N) is 2. The van der Waals surface area contributed by atoms with Crippen LogP contribution in [0.1, 0.15) is 43.6 Å². The fourth-order valence-corrected chi connectivity index (χ4v) is 3.03. The third-order valence-corrected chi connectivity index (χ3v) is 4.52. The Morgan fingerprint density at radius 1 is 1.03 bits per heavy atom. The Morgan fingerprint density at radius 2 is 1.66 bits per heavy atom. The maximum atomic E-state index is 13.2. The quantitative estimate of drug-likeness (QED) is 0.450. The van der Waals surface area contributed by atoms with E-state index in [-0.39, 0.29) is 37.4 Å². The van der Waals surface area contributed by atoms with Gasteiger partial charge in [-0.1, -0.05) is 12.1 Å². The van der Waals surface area contributed by atoms with Gasteiger partial charge in [-0.05, 0) is 69.7 Å². The van der Waals surface area contributed by atoms with Gasteiger partial charge in [-0.3, -0.25) is 9.79 Å². The SMILES string of the molecule is CCNc1ccc(C(=O)N(CCNC(=O)OC(C)(C)C)Cc2ccc(/N=C\C(F)(F)F)cc2)cc1. The van der Waals surface area contributed by atoms with Crippen LogP contribution < -0.4 is 10.6 Å². The Labute approximate surface area is 203 Å². The van der Waals surface area contributed by atoms with Gasteiger partial charge in [0.05, 0.1) is 5.69 Å². The second-order valence-electron chi connectivity index (χ2n) is 8.73. The van der Waals surface area contributed by atoms with E-state index in [0.29, 0.717) is 11.1 Å². The number of amides is 2. The standard InChI is InChI=1S/C25H31F3N4O3/c1-5-29-20-12-8-19(9-13-20)22(33)32(15-14-30-23(34)35-24(2,3)4)16-18-6-10-21(11-7-18)31-17-25(26,27)28/h6-13,17,29H,5,14-16H2,1-4H3,(H,30,34)/b31-17-. The predicted molar refractivity (Wildman–Crippen MR) is 130 cm³/mol. The first-order valence-electron chi connectivity index (χ1n) is 11.2. The minimum atomic E-state index is -4.49. The summed E-state index contributed by atoms with van der Waals surface area (Å²) in [6.45, 7) is 8.51. The summed E-state index contributed by atoms with van der Waals surface area (Å²) in [6.07, 6.45) is -5.16. The number of rotatable bonds is 9. The second kappa shape index (κ2) is 12.2. The Morgan fingerprint density at radius 3 is 2.20 bits per heavy atom. The van der Waals surface area contributed by atoms with Gasteiger partial charge in [0.1, 0.15) is 11.8 Å². The van der Waals surface area contributed by atoms with E-state index in [1.54, 1.807) is 62.1 Å². The van der Waals surface area contributed by atoms with Crippen molar-refractivity contribution in [2.24, 2.45) is 4.99 Å². The van der Waals surface area contributed by atoms with Crippen molar-refractivity contribution < 1.29 is 27.5 Å². The number of ether oxygens (including phenoxy) is 1. The molecular weight excluding hydrogens is 461 g/mol. The molecule has 0 fully saturated rings. The predicted octanol–water partition coefficient (Wildman–Crippen LogP) is 5.55. The second-order valence-corrected chi connectivity index (χ2v) is 8.73. The first-order valence-corrected chi connectivity index (χ1v) is 11.2. The molecule has 0 aromatic heterocycles. The van der Waals surface area contributed by atoms with Gasteiger partial charge >= 0.3 is 12.3 Å². The summed E-state index contributed by atoms with van der Waals surface area (Å²) in [5.41, 5.74) is 1.55. The Bertz CT molecular complexity index is 999. The molecule has 0 aliphatic rings. The number of carbonyl (C=O) groups excluding carboxylic acids is 2. The van der Waals surface area contributed by atoms with Crippen molar-refractivity contribution in [1.82, 2.24) is 10.2 Å². The van der Waals surface area contributed by atoms with E-state index >= 15 is 0 Å². The number of hydrogen-bond acceptors (Lipinski definition) is 5. The largest absolute Gasteiger partial charge is 0.444 e. The lowest BCUT2D eigenvalue weighted by Gasteiger charge is -2.24. The average Bonchev–Trinajstić information content (AvgIpc) is 2.76. The zero-order valence-electron chi connectivity index (χ0n) is 20.3. The summed E-state index contributed by atoms with van der Waals surface area (Å²) in [5.74, 6) is -0.252. The minimum absolute atomic E-state index is 0.0722. The van der Waals surface area contributed by atoms with Crippen LogP contribution in [0.15, 0.2) is 53.5 Å². The van der Waals surface area contributed by atoms with Gasteiger partial charge in [-0.25, -0.2) is 4.79 Å². The van der Waals surface area contributed by atoms with E-state index < -0.39 is 17.9 Å². The molecule has 35 heavy (non-hydrogen) atoms. The molecule has 0 spiro atoms. The molecule has 190 valence electrons. The number of anilines is 1. The van der Waals surface area contributed by atoms with Crippen molar-refractivity contribution >= 4 is 29.6 Å². The van der Waals surface area contributed by atoms with Gasteiger partial charge < -0.3 is 20.3 Å². The van der Waals surface area contributed by atoms with E-state index in [2.05, 4.69) is 15.6 Å². The molecule has 0 aliphatic heterocycles. The van der Waals surface area contributed by atoms with E-state index in [0.717, 1.165) is 12.2 Å². The molecule has 0 aliphatic carbocycles. The highest BCUT2D eigenvalue weighted by Gasteiger charge is 2.23. The third kappa shape index (κ3) is 10.5. The molecular formula is C25H31F3N4O3. The molecule has 7 nitrogen and oxygen atoms in total. The van der Waals surface area contributed by atoms with Gasteiger partial charge in [0, 0.05) is 37.4 Å². The van der Waals surface area contributed by atoms with Gasteiger partial charge in [-0.15, -0.1) is 0 Å². The lowest BCUT2D eigenvalue weighted by molar-refractivity contribution is -0.0535. The summed E-state index contributed by atoms with van der Waals surface area (Å²) in [6, 6.07) is 13.2. The molecule has 0 unspecified atom stereocenters. The summed E-state index contributed by atoms with van der Waals surface area (Å²) < 4.78 is 42.2. The number of hydrogen-bond donors (Lipinski definition) is 2. The molecule has 0 atom stereocenters. The van der Waals surface area contributed by atoms with Crippen LogP contribution in [-0.4, -0.2) is 54.5 Å². The van der Waals surface area contributed by atoms with Crippen molar-refractivity contribution in [3.63, 3.8) is 0 Å². The van der Waals surface area contributed by atoms with E-state index in [1.807, 2.05) is 6.92 Å². The number of benzene rings is 2. The third-order valence-electron chi connectivity index (χ3n) is 4.52. The Kier molecular flexibility index (Phi) is 9.68. The van der Waals surface area contributed by atoms with Crippen LogP contribution in [0.3, 0.4) is 0 Å². The summed E-state index contributed by atoms with van der Waals surface area (Å²) in [7, 11) is 0. The van der Waals surface area contributed by atoms with Crippen molar-refractivity contribution in [2.75, 3.05) is 25.0 Å². The number of aliphatic imine (C=N–C) groups is 1. The first kappa shape index (κ1) is 27.7. The highest BCUT2D eigenvalue weighted by molar-refractivity contribution is 5.94. The summed E-state index contributed by atoms with van der Waals surface area (Å²) >= 11 is 0. The maximum Gasteiger partial charge on any atom is 0.426 e. The Balaban J connectivity index is 2.13. The highest BCUT2D eigenvalue weighted by atomic mass is 19.4. The molecule has 2 N–H and O–H groups in total. The van der Waals surface area contributed by atoms with Crippen LogP contribution in [0.2, 0.25) is 0 Å². The monoisotopic (exact) mass is 492 g/mol. The number of alkyl carbamates (subject to hydrolysis) is 1. The Hall–Kier alpha value is -3.56. The van der Waals surface area contributed by atoms with Crippen LogP contribution in [0, 0.1) is 0 Å². The zero-order chi connectivity index (χ0) is 26.1. The summed E-state index contributed by atoms with van der Waals surface area (Å²) in [4.78, 5) is 30.1. The van der Waals surface area contributed by atoms with Gasteiger partial charge in [0.25, 0.3) is 5.91 Å². The topological polar surface area (TPSA) is 83.0 Å². The van der Waals surface area contributed by atoms with Gasteiger partial charge in [-0.2, -0.15) is 13.2 Å². The molecule has 0 heterocycles. The molecule has 0 saturated heterocycles. The fourth-order valence-electron chi connectivity index (χ4n) is 3.03. The van der Waals surface area contributed by atoms with Gasteiger partial charge in [0.15, 0.2) is 0 Å². The summed E-state index contributed by atoms with van der Waals surface area (Å²) in [5, 5.41) is 5.80. The van der Waals surface area contributed by atoms with Crippen molar-refractivity contribution in [2.45, 2.75) is 46.0 Å². The van der Waals surface area contributed by atoms with E-state index in [1.165, 1.54) is 12.1 Å². The molecule has 10 heteroatoms. The molecule has 0 saturated carbocycles. The van der Waals surface area contributed by atoms with Crippen LogP contribution in [0.25, 0.3) is 0 Å². The number of halogens is 3. The highest BCUT2D eigenvalue weighted by Crippen LogP contribution is 2.19. The average molecular weight is 493 g/mol. The number of alkyl halides is 3. The molecule has 0 radical (unpaired) electrons. The van der Waals surface area contributed by atoms with Crippen molar-refractivity contribution in [1.29, 1.82) is 0 Å². The zero-order valence-corrected chi connectivity index (χ0v) is 20.3. The molecule has 2 aromatic rings. The van der Waals surface area contributed by atoms with Crippen molar-refractivity contribution in [3.05, 3.63) is 59.7 Å². The van der Waals surface area contributed by atoms with E-state index in [4.69, 9.17) is 4.74 Å². The smallest absolute Gasteiger partial charge is 0.426 e. The number of nitrogens with zero attached hydrogens (tertiary/aromatic N) is 2. The molecule has 2 rings (SSSR count). The number of carbonyl (C=O) groups is 2. The van der Waals surface area contributed by atoms with E-state index in [9.17, 15) is 22.8 Å². The fraction of sp³-hybridized carbons (Fsp3) is 0.400. The first-order chi connectivity index (χ1) is 16.4. The molecule has 2 aromatic carbocycles. The van der Waals surface area contributed by atoms with Crippen LogP contribution in [-0.2, 0) is 11.3 Å². The maximum absolute atomic E-state index is 13.2.